The van der Waals surface area contributed by atoms with Crippen LogP contribution in [0, 0.1) is 0 Å². The van der Waals surface area contributed by atoms with Gasteiger partial charge in [0.25, 0.3) is 5.56 Å². The Balaban J connectivity index is 1.38. The summed E-state index contributed by atoms with van der Waals surface area (Å²) in [5.74, 6) is 0.453. The van der Waals surface area contributed by atoms with E-state index in [0.717, 1.165) is 78.5 Å². The minimum absolute atomic E-state index is 0.0235. The lowest BCUT2D eigenvalue weighted by atomic mass is 9.90. The topological polar surface area (TPSA) is 123 Å². The summed E-state index contributed by atoms with van der Waals surface area (Å²) in [6, 6.07) is 16.3. The van der Waals surface area contributed by atoms with Gasteiger partial charge in [0.05, 0.1) is 35.6 Å². The van der Waals surface area contributed by atoms with E-state index >= 15 is 0 Å². The fraction of sp³-hybridized carbons (Fsp3) is 0.472. The van der Waals surface area contributed by atoms with Gasteiger partial charge in [-0.2, -0.15) is 15.2 Å². The Morgan fingerprint density at radius 3 is 2.50 bits per heavy atom. The summed E-state index contributed by atoms with van der Waals surface area (Å²) in [5.41, 5.74) is 7.86. The normalized spacial score (nSPS) is 19.3. The second-order valence-corrected chi connectivity index (χ2v) is 13.2. The van der Waals surface area contributed by atoms with Crippen molar-refractivity contribution in [1.82, 2.24) is 24.6 Å². The first-order chi connectivity index (χ1) is 22.1. The lowest BCUT2D eigenvalue weighted by molar-refractivity contribution is -0.119. The van der Waals surface area contributed by atoms with Gasteiger partial charge in [0.2, 0.25) is 11.7 Å². The van der Waals surface area contributed by atoms with Crippen molar-refractivity contribution >= 4 is 17.4 Å². The smallest absolute Gasteiger partial charge is 0.259 e. The number of unbranched alkanes of at least 4 members (excludes halogenated alkanes) is 1. The van der Waals surface area contributed by atoms with Crippen LogP contribution in [0.2, 0.25) is 0 Å². The number of rotatable bonds is 11. The first-order valence-corrected chi connectivity index (χ1v) is 16.5. The highest BCUT2D eigenvalue weighted by Gasteiger charge is 2.32. The number of carbonyl (C=O) groups is 1. The van der Waals surface area contributed by atoms with Crippen LogP contribution >= 0.6 is 0 Å². The predicted octanol–water partition coefficient (Wildman–Crippen LogP) is 5.38. The van der Waals surface area contributed by atoms with Crippen molar-refractivity contribution in [3.63, 3.8) is 0 Å². The van der Waals surface area contributed by atoms with Crippen LogP contribution in [-0.2, 0) is 22.4 Å². The molecule has 2 N–H and O–H groups in total. The molecule has 10 heteroatoms. The second kappa shape index (κ2) is 13.3. The third-order valence-corrected chi connectivity index (χ3v) is 9.50. The Labute approximate surface area is 269 Å². The standard InChI is InChI=1S/C36H44N6O4/c1-5-6-12-32-30(20-24-13-18-28(25-10-8-7-9-11-25)29(19-24)31-21-33(43)40-39-31)34(44)41(35-37-22-38-42(32)35)26-14-16-27(17-15-26)46-23(2)36(3,4)45/h7-11,13,18-19,22-23,26-27,45H,5-6,12,14-17,20-21H2,1-4H3,(H,40,43). The Hall–Kier alpha value is -4.15. The van der Waals surface area contributed by atoms with Crippen LogP contribution in [0.25, 0.3) is 16.9 Å². The number of aliphatic hydroxyl groups is 1. The van der Waals surface area contributed by atoms with Gasteiger partial charge in [0.1, 0.15) is 6.33 Å². The van der Waals surface area contributed by atoms with Gasteiger partial charge in [-0.05, 0) is 82.1 Å². The lowest BCUT2D eigenvalue weighted by Gasteiger charge is -2.35. The molecule has 0 saturated heterocycles. The van der Waals surface area contributed by atoms with Gasteiger partial charge in [-0.25, -0.2) is 9.94 Å². The molecular formula is C36H44N6O4. The summed E-state index contributed by atoms with van der Waals surface area (Å²) < 4.78 is 9.93. The third-order valence-electron chi connectivity index (χ3n) is 9.50. The van der Waals surface area contributed by atoms with Gasteiger partial charge >= 0.3 is 0 Å². The quantitative estimate of drug-likeness (QED) is 0.231. The summed E-state index contributed by atoms with van der Waals surface area (Å²) in [6.45, 7) is 7.58. The SMILES string of the molecule is CCCCc1c(Cc2ccc(-c3ccccc3)c(C3=NNC(=O)C3)c2)c(=O)n(C2CCC(OC(C)C(C)(C)O)CC2)c2ncnn12. The molecule has 1 fully saturated rings. The second-order valence-electron chi connectivity index (χ2n) is 13.2. The molecule has 242 valence electrons. The number of aryl methyl sites for hydroxylation is 1. The highest BCUT2D eigenvalue weighted by Crippen LogP contribution is 2.33. The van der Waals surface area contributed by atoms with Crippen LogP contribution in [0.4, 0.5) is 0 Å². The number of amides is 1. The molecule has 1 saturated carbocycles. The average molecular weight is 625 g/mol. The number of aromatic nitrogens is 4. The number of hydrogen-bond acceptors (Lipinski definition) is 7. The van der Waals surface area contributed by atoms with Gasteiger partial charge in [-0.3, -0.25) is 14.2 Å². The molecule has 3 heterocycles. The third kappa shape index (κ3) is 6.55. The molecule has 6 rings (SSSR count). The number of nitrogens with one attached hydrogen (secondary N) is 1. The van der Waals surface area contributed by atoms with E-state index in [-0.39, 0.29) is 36.1 Å². The number of carbonyl (C=O) groups excluding carboxylic acids is 1. The molecule has 46 heavy (non-hydrogen) atoms. The van der Waals surface area contributed by atoms with Crippen LogP contribution in [-0.4, -0.2) is 53.7 Å². The highest BCUT2D eigenvalue weighted by atomic mass is 16.5. The largest absolute Gasteiger partial charge is 0.388 e. The van der Waals surface area contributed by atoms with Crippen molar-refractivity contribution in [1.29, 1.82) is 0 Å². The van der Waals surface area contributed by atoms with Gasteiger partial charge in [0, 0.05) is 23.6 Å². The van der Waals surface area contributed by atoms with Crippen molar-refractivity contribution in [3.05, 3.63) is 87.6 Å². The van der Waals surface area contributed by atoms with E-state index in [2.05, 4.69) is 57.9 Å². The molecule has 0 spiro atoms. The first kappa shape index (κ1) is 31.8. The number of fused-ring (bicyclic) bond motifs is 1. The van der Waals surface area contributed by atoms with E-state index < -0.39 is 5.60 Å². The van der Waals surface area contributed by atoms with E-state index in [0.29, 0.717) is 17.9 Å². The number of benzene rings is 2. The number of nitrogens with zero attached hydrogens (tertiary/aromatic N) is 5. The Kier molecular flexibility index (Phi) is 9.20. The summed E-state index contributed by atoms with van der Waals surface area (Å²) in [7, 11) is 0. The Morgan fingerprint density at radius 1 is 1.07 bits per heavy atom. The lowest BCUT2D eigenvalue weighted by Crippen LogP contribution is -2.40. The molecule has 4 aromatic rings. The molecule has 10 nitrogen and oxygen atoms in total. The summed E-state index contributed by atoms with van der Waals surface area (Å²) in [5, 5.41) is 19.3. The fourth-order valence-corrected chi connectivity index (χ4v) is 6.61. The highest BCUT2D eigenvalue weighted by molar-refractivity contribution is 6.16. The van der Waals surface area contributed by atoms with E-state index in [1.165, 1.54) is 0 Å². The molecule has 1 unspecified atom stereocenters. The number of hydrazone groups is 1. The van der Waals surface area contributed by atoms with Crippen molar-refractivity contribution in [2.24, 2.45) is 5.10 Å². The fourth-order valence-electron chi connectivity index (χ4n) is 6.61. The van der Waals surface area contributed by atoms with E-state index in [1.807, 2.05) is 34.2 Å². The molecule has 1 aliphatic carbocycles. The van der Waals surface area contributed by atoms with Crippen molar-refractivity contribution in [2.45, 2.75) is 109 Å². The van der Waals surface area contributed by atoms with E-state index in [9.17, 15) is 14.7 Å². The van der Waals surface area contributed by atoms with Crippen molar-refractivity contribution in [2.75, 3.05) is 0 Å². The Morgan fingerprint density at radius 2 is 1.83 bits per heavy atom. The molecule has 0 bridgehead atoms. The maximum atomic E-state index is 14.6. The van der Waals surface area contributed by atoms with Gasteiger partial charge in [-0.15, -0.1) is 0 Å². The molecule has 2 aliphatic rings. The number of ether oxygens (including phenoxy) is 1. The first-order valence-electron chi connectivity index (χ1n) is 16.5. The molecule has 2 aromatic carbocycles. The van der Waals surface area contributed by atoms with Gasteiger partial charge in [0.15, 0.2) is 0 Å². The van der Waals surface area contributed by atoms with Crippen LogP contribution in [0.3, 0.4) is 0 Å². The van der Waals surface area contributed by atoms with E-state index in [4.69, 9.17) is 4.74 Å². The van der Waals surface area contributed by atoms with Crippen molar-refractivity contribution < 1.29 is 14.6 Å². The minimum atomic E-state index is -0.916. The monoisotopic (exact) mass is 624 g/mol. The Bertz CT molecular complexity index is 1790. The maximum absolute atomic E-state index is 14.6. The molecular weight excluding hydrogens is 580 g/mol. The zero-order chi connectivity index (χ0) is 32.4. The molecule has 1 aliphatic heterocycles. The molecule has 0 radical (unpaired) electrons. The number of hydrogen-bond donors (Lipinski definition) is 2. The summed E-state index contributed by atoms with van der Waals surface area (Å²) in [6.07, 6.45) is 7.70. The molecule has 1 atom stereocenters. The predicted molar refractivity (Wildman–Crippen MR) is 178 cm³/mol. The maximum Gasteiger partial charge on any atom is 0.259 e. The van der Waals surface area contributed by atoms with Crippen LogP contribution in [0.5, 0.6) is 0 Å². The van der Waals surface area contributed by atoms with Gasteiger partial charge in [-0.1, -0.05) is 55.8 Å². The average Bonchev–Trinajstić information content (AvgIpc) is 3.71. The van der Waals surface area contributed by atoms with E-state index in [1.54, 1.807) is 20.2 Å². The zero-order valence-electron chi connectivity index (χ0n) is 27.2. The van der Waals surface area contributed by atoms with Crippen LogP contribution in [0.15, 0.2) is 64.8 Å². The van der Waals surface area contributed by atoms with Crippen LogP contribution in [0.1, 0.15) is 101 Å². The zero-order valence-corrected chi connectivity index (χ0v) is 27.2. The minimum Gasteiger partial charge on any atom is -0.388 e. The van der Waals surface area contributed by atoms with Gasteiger partial charge < -0.3 is 9.84 Å². The molecule has 1 amide bonds. The van der Waals surface area contributed by atoms with Crippen molar-refractivity contribution in [3.8, 4) is 11.1 Å². The molecule has 2 aromatic heterocycles. The van der Waals surface area contributed by atoms with Crippen LogP contribution < -0.4 is 11.0 Å². The summed E-state index contributed by atoms with van der Waals surface area (Å²) >= 11 is 0. The summed E-state index contributed by atoms with van der Waals surface area (Å²) in [4.78, 5) is 31.3.